The van der Waals surface area contributed by atoms with Crippen molar-refractivity contribution in [2.24, 2.45) is 29.1 Å². The summed E-state index contributed by atoms with van der Waals surface area (Å²) in [6, 6.07) is 0. The van der Waals surface area contributed by atoms with Crippen molar-refractivity contribution in [1.82, 2.24) is 0 Å². The Bertz CT molecular complexity index is 747. The average Bonchev–Trinajstić information content (AvgIpc) is 3.32. The van der Waals surface area contributed by atoms with Gasteiger partial charge in [-0.25, -0.2) is 0 Å². The Morgan fingerprint density at radius 3 is 2.59 bits per heavy atom. The van der Waals surface area contributed by atoms with E-state index >= 15 is 0 Å². The number of allylic oxidation sites excluding steroid dienone is 1. The first kappa shape index (κ1) is 17.2. The maximum Gasteiger partial charge on any atom is 0.174 e. The Morgan fingerprint density at radius 2 is 1.81 bits per heavy atom. The first-order valence-electron chi connectivity index (χ1n) is 11.3. The van der Waals surface area contributed by atoms with Crippen molar-refractivity contribution in [2.45, 2.75) is 83.2 Å². The molecule has 3 heteroatoms. The molecule has 3 heterocycles. The fourth-order valence-electron chi connectivity index (χ4n) is 8.13. The lowest BCUT2D eigenvalue weighted by Gasteiger charge is -2.56. The zero-order valence-electron chi connectivity index (χ0n) is 17.3. The van der Waals surface area contributed by atoms with Gasteiger partial charge < -0.3 is 14.2 Å². The summed E-state index contributed by atoms with van der Waals surface area (Å²) >= 11 is 0. The number of rotatable bonds is 0. The zero-order chi connectivity index (χ0) is 18.7. The Labute approximate surface area is 163 Å². The van der Waals surface area contributed by atoms with E-state index in [0.29, 0.717) is 11.8 Å². The molecule has 3 spiro atoms. The van der Waals surface area contributed by atoms with E-state index in [2.05, 4.69) is 39.8 Å². The topological polar surface area (TPSA) is 27.7 Å². The van der Waals surface area contributed by atoms with E-state index in [9.17, 15) is 0 Å². The minimum atomic E-state index is -0.376. The van der Waals surface area contributed by atoms with Gasteiger partial charge in [0, 0.05) is 17.8 Å². The summed E-state index contributed by atoms with van der Waals surface area (Å²) in [5.41, 5.74) is 3.00. The van der Waals surface area contributed by atoms with Crippen molar-refractivity contribution in [2.75, 3.05) is 13.2 Å². The van der Waals surface area contributed by atoms with Gasteiger partial charge in [0.1, 0.15) is 0 Å². The monoisotopic (exact) mass is 370 g/mol. The predicted molar refractivity (Wildman–Crippen MR) is 104 cm³/mol. The molecular weight excluding hydrogens is 336 g/mol. The highest BCUT2D eigenvalue weighted by Crippen LogP contribution is 2.70. The van der Waals surface area contributed by atoms with Crippen LogP contribution in [0.3, 0.4) is 0 Å². The normalized spacial score (nSPS) is 55.0. The van der Waals surface area contributed by atoms with Crippen LogP contribution >= 0.6 is 0 Å². The minimum Gasteiger partial charge on any atom is -0.359 e. The van der Waals surface area contributed by atoms with Crippen LogP contribution in [0.1, 0.15) is 66.2 Å². The molecule has 3 aliphatic carbocycles. The molecule has 0 aromatic rings. The molecule has 7 atom stereocenters. The molecule has 2 bridgehead atoms. The van der Waals surface area contributed by atoms with Gasteiger partial charge in [-0.05, 0) is 61.0 Å². The van der Waals surface area contributed by atoms with Gasteiger partial charge in [0.15, 0.2) is 5.79 Å². The summed E-state index contributed by atoms with van der Waals surface area (Å²) < 4.78 is 19.9. The molecule has 0 N–H and O–H groups in total. The van der Waals surface area contributed by atoms with Gasteiger partial charge in [-0.3, -0.25) is 0 Å². The third-order valence-electron chi connectivity index (χ3n) is 9.90. The lowest BCUT2D eigenvalue weighted by Crippen LogP contribution is -2.58. The number of fused-ring (bicyclic) bond motifs is 2. The molecule has 3 nitrogen and oxygen atoms in total. The highest BCUT2D eigenvalue weighted by Gasteiger charge is 2.72. The van der Waals surface area contributed by atoms with Crippen molar-refractivity contribution in [3.63, 3.8) is 0 Å². The molecule has 0 radical (unpaired) electrons. The minimum absolute atomic E-state index is 0.00588. The van der Waals surface area contributed by atoms with Gasteiger partial charge in [-0.15, -0.1) is 0 Å². The average molecular weight is 371 g/mol. The fourth-order valence-corrected chi connectivity index (χ4v) is 8.13. The molecular formula is C24H34O3. The predicted octanol–water partition coefficient (Wildman–Crippen LogP) is 5.02. The highest BCUT2D eigenvalue weighted by atomic mass is 16.7. The van der Waals surface area contributed by atoms with Crippen LogP contribution in [0.15, 0.2) is 23.3 Å². The Kier molecular flexibility index (Phi) is 3.25. The number of ether oxygens (including phenoxy) is 3. The second-order valence-corrected chi connectivity index (χ2v) is 10.7. The van der Waals surface area contributed by atoms with E-state index in [1.807, 2.05) is 0 Å². The molecule has 2 saturated carbocycles. The van der Waals surface area contributed by atoms with E-state index in [1.165, 1.54) is 24.8 Å². The van der Waals surface area contributed by atoms with E-state index in [1.54, 1.807) is 5.57 Å². The fraction of sp³-hybridized carbons (Fsp3) is 0.833. The Morgan fingerprint density at radius 1 is 1.04 bits per heavy atom. The third kappa shape index (κ3) is 1.81. The first-order valence-corrected chi connectivity index (χ1v) is 11.3. The van der Waals surface area contributed by atoms with Gasteiger partial charge >= 0.3 is 0 Å². The van der Waals surface area contributed by atoms with E-state index in [-0.39, 0.29) is 22.4 Å². The maximum absolute atomic E-state index is 7.30. The Hall–Kier alpha value is -0.640. The quantitative estimate of drug-likeness (QED) is 0.599. The van der Waals surface area contributed by atoms with E-state index in [4.69, 9.17) is 14.2 Å². The van der Waals surface area contributed by atoms with Crippen molar-refractivity contribution in [3.8, 4) is 0 Å². The molecule has 27 heavy (non-hydrogen) atoms. The number of hydrogen-bond donors (Lipinski definition) is 0. The summed E-state index contributed by atoms with van der Waals surface area (Å²) in [6.07, 6.45) is 11.9. The van der Waals surface area contributed by atoms with Crippen LogP contribution in [0, 0.1) is 29.1 Å². The third-order valence-corrected chi connectivity index (χ3v) is 9.90. The van der Waals surface area contributed by atoms with Crippen molar-refractivity contribution < 1.29 is 14.2 Å². The lowest BCUT2D eigenvalue weighted by atomic mass is 9.59. The zero-order valence-corrected chi connectivity index (χ0v) is 17.3. The van der Waals surface area contributed by atoms with E-state index < -0.39 is 0 Å². The van der Waals surface area contributed by atoms with Crippen molar-refractivity contribution in [3.05, 3.63) is 23.3 Å². The highest BCUT2D eigenvalue weighted by molar-refractivity contribution is 5.48. The lowest BCUT2D eigenvalue weighted by molar-refractivity contribution is -0.244. The molecule has 3 aliphatic heterocycles. The van der Waals surface area contributed by atoms with Gasteiger partial charge in [0.2, 0.25) is 0 Å². The molecule has 148 valence electrons. The van der Waals surface area contributed by atoms with Crippen LogP contribution in [0.2, 0.25) is 0 Å². The van der Waals surface area contributed by atoms with Gasteiger partial charge in [-0.2, -0.15) is 0 Å². The van der Waals surface area contributed by atoms with E-state index in [0.717, 1.165) is 44.3 Å². The summed E-state index contributed by atoms with van der Waals surface area (Å²) in [4.78, 5) is 0. The second-order valence-electron chi connectivity index (χ2n) is 10.7. The summed E-state index contributed by atoms with van der Waals surface area (Å²) in [7, 11) is 0. The van der Waals surface area contributed by atoms with Crippen LogP contribution < -0.4 is 0 Å². The molecule has 6 aliphatic rings. The molecule has 6 rings (SSSR count). The van der Waals surface area contributed by atoms with Crippen molar-refractivity contribution in [1.29, 1.82) is 0 Å². The van der Waals surface area contributed by atoms with Crippen LogP contribution in [0.5, 0.6) is 0 Å². The summed E-state index contributed by atoms with van der Waals surface area (Å²) in [6.45, 7) is 11.2. The summed E-state index contributed by atoms with van der Waals surface area (Å²) in [5.74, 6) is 2.21. The van der Waals surface area contributed by atoms with Crippen LogP contribution in [0.25, 0.3) is 0 Å². The van der Waals surface area contributed by atoms with Gasteiger partial charge in [0.25, 0.3) is 0 Å². The number of hydrogen-bond acceptors (Lipinski definition) is 3. The molecule has 0 aromatic heterocycles. The maximum atomic E-state index is 7.30. The molecule has 0 aromatic carbocycles. The van der Waals surface area contributed by atoms with Crippen LogP contribution in [-0.2, 0) is 14.2 Å². The first-order chi connectivity index (χ1) is 12.9. The molecule has 4 fully saturated rings. The smallest absolute Gasteiger partial charge is 0.174 e. The van der Waals surface area contributed by atoms with Gasteiger partial charge in [-0.1, -0.05) is 39.8 Å². The molecule has 2 unspecified atom stereocenters. The second kappa shape index (κ2) is 5.09. The molecule has 0 amide bonds. The SMILES string of the molecule is C[C@@H]1[C@H](C)C[C@@]23CC[C@@]4(O2)C(=CCC2(C)C4CCC24OCCO4)C=C3[C@H]1C. The largest absolute Gasteiger partial charge is 0.359 e. The standard InChI is InChI=1S/C24H34O3/c1-15-14-22-9-10-23(27-22)18(13-19(22)17(3)16(15)2)5-7-21(4)20(23)6-8-24(21)25-11-12-26-24/h5,13,15-17,20H,6-12,14H2,1-4H3/t15-,16-,17+,20?,21?,22-,23-/m1/s1. The summed E-state index contributed by atoms with van der Waals surface area (Å²) in [5, 5.41) is 0. The van der Waals surface area contributed by atoms with Crippen molar-refractivity contribution >= 4 is 0 Å². The Balaban J connectivity index is 1.48. The van der Waals surface area contributed by atoms with Crippen LogP contribution in [0.4, 0.5) is 0 Å². The van der Waals surface area contributed by atoms with Crippen LogP contribution in [-0.4, -0.2) is 30.2 Å². The van der Waals surface area contributed by atoms with Gasteiger partial charge in [0.05, 0.1) is 24.4 Å². The molecule has 2 saturated heterocycles.